The van der Waals surface area contributed by atoms with Crippen molar-refractivity contribution in [2.75, 3.05) is 6.54 Å². The molecule has 1 N–H and O–H groups in total. The summed E-state index contributed by atoms with van der Waals surface area (Å²) < 4.78 is 28.6. The Hall–Kier alpha value is -1.41. The zero-order chi connectivity index (χ0) is 16.7. The van der Waals surface area contributed by atoms with Crippen molar-refractivity contribution in [3.05, 3.63) is 11.4 Å². The molecule has 2 rings (SSSR count). The highest BCUT2D eigenvalue weighted by atomic mass is 32.2. The summed E-state index contributed by atoms with van der Waals surface area (Å²) in [5.41, 5.74) is 0.997. The third-order valence-electron chi connectivity index (χ3n) is 3.91. The van der Waals surface area contributed by atoms with Crippen molar-refractivity contribution in [2.45, 2.75) is 58.0 Å². The minimum atomic E-state index is -3.84. The molecule has 0 aliphatic carbocycles. The Balaban J connectivity index is 2.46. The van der Waals surface area contributed by atoms with Gasteiger partial charge in [0.2, 0.25) is 10.0 Å². The van der Waals surface area contributed by atoms with Gasteiger partial charge in [-0.25, -0.2) is 8.42 Å². The lowest BCUT2D eigenvalue weighted by Crippen LogP contribution is -2.40. The van der Waals surface area contributed by atoms with Crippen LogP contribution in [0.5, 0.6) is 0 Å². The van der Waals surface area contributed by atoms with Crippen LogP contribution in [0.15, 0.2) is 4.90 Å². The van der Waals surface area contributed by atoms with E-state index in [1.165, 1.54) is 0 Å². The predicted molar refractivity (Wildman–Crippen MR) is 81.1 cm³/mol. The van der Waals surface area contributed by atoms with E-state index < -0.39 is 22.0 Å². The van der Waals surface area contributed by atoms with Crippen LogP contribution in [0.3, 0.4) is 0 Å². The minimum Gasteiger partial charge on any atom is -0.480 e. The quantitative estimate of drug-likeness (QED) is 0.881. The molecule has 0 aromatic carbocycles. The van der Waals surface area contributed by atoms with Gasteiger partial charge in [0.25, 0.3) is 0 Å². The van der Waals surface area contributed by atoms with Crippen LogP contribution >= 0.6 is 0 Å². The topological polar surface area (TPSA) is 92.5 Å². The Labute approximate surface area is 131 Å². The zero-order valence-corrected chi connectivity index (χ0v) is 14.2. The molecule has 1 aromatic heterocycles. The maximum atomic E-state index is 12.9. The van der Waals surface area contributed by atoms with Crippen LogP contribution in [0.4, 0.5) is 0 Å². The van der Waals surface area contributed by atoms with Crippen molar-refractivity contribution >= 4 is 16.0 Å². The van der Waals surface area contributed by atoms with Crippen LogP contribution < -0.4 is 0 Å². The fraction of sp³-hybridized carbons (Fsp3) is 0.714. The van der Waals surface area contributed by atoms with E-state index in [1.54, 1.807) is 18.5 Å². The van der Waals surface area contributed by atoms with Crippen molar-refractivity contribution in [2.24, 2.45) is 5.92 Å². The summed E-state index contributed by atoms with van der Waals surface area (Å²) >= 11 is 0. The number of sulfonamides is 1. The Morgan fingerprint density at radius 2 is 2.05 bits per heavy atom. The van der Waals surface area contributed by atoms with Crippen molar-refractivity contribution < 1.29 is 18.3 Å². The highest BCUT2D eigenvalue weighted by Crippen LogP contribution is 2.30. The van der Waals surface area contributed by atoms with Gasteiger partial charge in [-0.05, 0) is 32.6 Å². The molecule has 8 heteroatoms. The number of aromatic nitrogens is 2. The van der Waals surface area contributed by atoms with Crippen molar-refractivity contribution in [1.29, 1.82) is 0 Å². The van der Waals surface area contributed by atoms with Crippen molar-refractivity contribution in [3.63, 3.8) is 0 Å². The van der Waals surface area contributed by atoms with Gasteiger partial charge in [0.05, 0.1) is 11.4 Å². The molecular formula is C14H23N3O4S. The maximum Gasteiger partial charge on any atom is 0.322 e. The summed E-state index contributed by atoms with van der Waals surface area (Å²) in [6.45, 7) is 8.32. The molecule has 2 heterocycles. The number of carboxylic acid groups (broad SMARTS) is 1. The number of rotatable bonds is 5. The number of carboxylic acids is 1. The maximum absolute atomic E-state index is 12.9. The smallest absolute Gasteiger partial charge is 0.322 e. The van der Waals surface area contributed by atoms with Gasteiger partial charge in [-0.2, -0.15) is 9.40 Å². The van der Waals surface area contributed by atoms with E-state index in [-0.39, 0.29) is 11.4 Å². The second-order valence-electron chi connectivity index (χ2n) is 6.19. The van der Waals surface area contributed by atoms with Crippen LogP contribution in [0.2, 0.25) is 0 Å². The van der Waals surface area contributed by atoms with Crippen LogP contribution in [-0.2, 0) is 21.4 Å². The first-order valence-electron chi connectivity index (χ1n) is 7.45. The number of hydrogen-bond donors (Lipinski definition) is 1. The lowest BCUT2D eigenvalue weighted by atomic mass is 10.2. The number of hydrogen-bond acceptors (Lipinski definition) is 4. The molecule has 0 bridgehead atoms. The predicted octanol–water partition coefficient (Wildman–Crippen LogP) is 1.39. The van der Waals surface area contributed by atoms with Gasteiger partial charge >= 0.3 is 5.97 Å². The molecule has 1 aliphatic rings. The monoisotopic (exact) mass is 329 g/mol. The summed E-state index contributed by atoms with van der Waals surface area (Å²) in [5.74, 6) is -0.752. The molecule has 0 unspecified atom stereocenters. The second-order valence-corrected chi connectivity index (χ2v) is 8.02. The van der Waals surface area contributed by atoms with Gasteiger partial charge in [0.15, 0.2) is 0 Å². The summed E-state index contributed by atoms with van der Waals surface area (Å²) in [7, 11) is -3.84. The van der Waals surface area contributed by atoms with E-state index in [0.29, 0.717) is 36.7 Å². The van der Waals surface area contributed by atoms with Gasteiger partial charge in [0, 0.05) is 13.1 Å². The van der Waals surface area contributed by atoms with E-state index in [4.69, 9.17) is 0 Å². The van der Waals surface area contributed by atoms with Crippen LogP contribution in [0.25, 0.3) is 0 Å². The molecule has 1 fully saturated rings. The van der Waals surface area contributed by atoms with E-state index >= 15 is 0 Å². The van der Waals surface area contributed by atoms with E-state index in [2.05, 4.69) is 5.10 Å². The third-order valence-corrected chi connectivity index (χ3v) is 6.07. The van der Waals surface area contributed by atoms with Crippen LogP contribution in [0.1, 0.15) is 38.1 Å². The second kappa shape index (κ2) is 6.00. The first kappa shape index (κ1) is 17.0. The van der Waals surface area contributed by atoms with Gasteiger partial charge in [0.1, 0.15) is 10.9 Å². The standard InChI is InChI=1S/C14H23N3O4S/c1-9(2)8-16-11(4)13(10(3)15-16)22(20,21)17-7-5-6-12(17)14(18)19/h9,12H,5-8H2,1-4H3,(H,18,19)/t12-/m0/s1. The molecular weight excluding hydrogens is 306 g/mol. The number of aliphatic carboxylic acids is 1. The SMILES string of the molecule is Cc1nn(CC(C)C)c(C)c1S(=O)(=O)N1CCC[C@H]1C(=O)O. The largest absolute Gasteiger partial charge is 0.480 e. The molecule has 7 nitrogen and oxygen atoms in total. The molecule has 1 aromatic rings. The number of aryl methyl sites for hydroxylation is 1. The highest BCUT2D eigenvalue weighted by molar-refractivity contribution is 7.89. The molecule has 0 saturated carbocycles. The van der Waals surface area contributed by atoms with Gasteiger partial charge in [-0.1, -0.05) is 13.8 Å². The average Bonchev–Trinajstić information content (AvgIpc) is 2.95. The van der Waals surface area contributed by atoms with Crippen molar-refractivity contribution in [1.82, 2.24) is 14.1 Å². The highest BCUT2D eigenvalue weighted by Gasteiger charge is 2.41. The van der Waals surface area contributed by atoms with Crippen molar-refractivity contribution in [3.8, 4) is 0 Å². The summed E-state index contributed by atoms with van der Waals surface area (Å²) in [5, 5.41) is 13.6. The molecule has 0 amide bonds. The summed E-state index contributed by atoms with van der Waals surface area (Å²) in [4.78, 5) is 11.4. The average molecular weight is 329 g/mol. The lowest BCUT2D eigenvalue weighted by molar-refractivity contribution is -0.140. The van der Waals surface area contributed by atoms with Crippen LogP contribution in [0, 0.1) is 19.8 Å². The molecule has 0 spiro atoms. The molecule has 0 radical (unpaired) electrons. The van der Waals surface area contributed by atoms with E-state index in [9.17, 15) is 18.3 Å². The fourth-order valence-electron chi connectivity index (χ4n) is 2.97. The minimum absolute atomic E-state index is 0.154. The summed E-state index contributed by atoms with van der Waals surface area (Å²) in [6.07, 6.45) is 0.918. The first-order chi connectivity index (χ1) is 10.2. The summed E-state index contributed by atoms with van der Waals surface area (Å²) in [6, 6.07) is -0.975. The number of nitrogens with zero attached hydrogens (tertiary/aromatic N) is 3. The van der Waals surface area contributed by atoms with E-state index in [0.717, 1.165) is 4.31 Å². The Kier molecular flexibility index (Phi) is 4.62. The van der Waals surface area contributed by atoms with Gasteiger partial charge in [-0.15, -0.1) is 0 Å². The van der Waals surface area contributed by atoms with Crippen LogP contribution in [-0.4, -0.2) is 46.2 Å². The van der Waals surface area contributed by atoms with Gasteiger partial charge in [-0.3, -0.25) is 9.48 Å². The first-order valence-corrected chi connectivity index (χ1v) is 8.89. The fourth-order valence-corrected chi connectivity index (χ4v) is 5.00. The normalized spacial score (nSPS) is 20.0. The Morgan fingerprint density at radius 3 is 2.59 bits per heavy atom. The number of carbonyl (C=O) groups is 1. The van der Waals surface area contributed by atoms with Gasteiger partial charge < -0.3 is 5.11 Å². The third kappa shape index (κ3) is 2.89. The molecule has 124 valence electrons. The Morgan fingerprint density at radius 1 is 1.41 bits per heavy atom. The molecule has 22 heavy (non-hydrogen) atoms. The van der Waals surface area contributed by atoms with E-state index in [1.807, 2.05) is 13.8 Å². The Bertz CT molecular complexity index is 679. The zero-order valence-electron chi connectivity index (χ0n) is 13.4. The molecule has 1 aliphatic heterocycles. The molecule has 1 atom stereocenters. The lowest BCUT2D eigenvalue weighted by Gasteiger charge is -2.21. The molecule has 1 saturated heterocycles.